The normalized spacial score (nSPS) is 44.3. The Balaban J connectivity index is 1.93. The number of nitrogens with zero attached hydrogens (tertiary/aromatic N) is 1. The van der Waals surface area contributed by atoms with E-state index in [4.69, 9.17) is 0 Å². The summed E-state index contributed by atoms with van der Waals surface area (Å²) in [5.41, 5.74) is 0.0584. The van der Waals surface area contributed by atoms with Crippen molar-refractivity contribution in [1.29, 1.82) is 0 Å². The fraction of sp³-hybridized carbons (Fsp3) is 0.889. The summed E-state index contributed by atoms with van der Waals surface area (Å²) in [5, 5.41) is 3.20. The summed E-state index contributed by atoms with van der Waals surface area (Å²) >= 11 is 1.96. The van der Waals surface area contributed by atoms with Gasteiger partial charge in [0.25, 0.3) is 0 Å². The molecule has 1 unspecified atom stereocenters. The van der Waals surface area contributed by atoms with Crippen LogP contribution in [0.4, 0.5) is 0 Å². The largest absolute Gasteiger partial charge is 0.336 e. The summed E-state index contributed by atoms with van der Waals surface area (Å²) < 4.78 is 0. The van der Waals surface area contributed by atoms with Gasteiger partial charge in [0.05, 0.1) is 6.04 Å². The quantitative estimate of drug-likeness (QED) is 0.612. The molecule has 4 heteroatoms. The smallest absolute Gasteiger partial charge is 0.238 e. The highest BCUT2D eigenvalue weighted by Gasteiger charge is 2.53. The summed E-state index contributed by atoms with van der Waals surface area (Å²) in [6, 6.07) is 0.207. The van der Waals surface area contributed by atoms with E-state index in [0.717, 1.165) is 25.1 Å². The molecule has 3 rings (SSSR count). The van der Waals surface area contributed by atoms with Crippen molar-refractivity contribution in [1.82, 2.24) is 10.2 Å². The average molecular weight is 198 g/mol. The highest BCUT2D eigenvalue weighted by molar-refractivity contribution is 7.99. The van der Waals surface area contributed by atoms with E-state index in [1.807, 2.05) is 11.8 Å². The number of carbonyl (C=O) groups is 1. The highest BCUT2D eigenvalue weighted by atomic mass is 32.2. The van der Waals surface area contributed by atoms with Gasteiger partial charge in [0.15, 0.2) is 0 Å². The van der Waals surface area contributed by atoms with E-state index < -0.39 is 0 Å². The van der Waals surface area contributed by atoms with E-state index in [1.54, 1.807) is 0 Å². The first-order chi connectivity index (χ1) is 6.32. The lowest BCUT2D eigenvalue weighted by molar-refractivity contribution is -0.121. The highest BCUT2D eigenvalue weighted by Crippen LogP contribution is 2.39. The molecule has 1 amide bonds. The zero-order chi connectivity index (χ0) is 8.89. The van der Waals surface area contributed by atoms with Crippen LogP contribution in [0, 0.1) is 0 Å². The second-order valence-corrected chi connectivity index (χ2v) is 5.28. The molecule has 0 saturated carbocycles. The van der Waals surface area contributed by atoms with Gasteiger partial charge in [0.2, 0.25) is 5.91 Å². The van der Waals surface area contributed by atoms with Crippen LogP contribution in [-0.2, 0) is 4.79 Å². The number of thioether (sulfide) groups is 1. The molecule has 2 atom stereocenters. The van der Waals surface area contributed by atoms with Crippen LogP contribution in [0.2, 0.25) is 0 Å². The standard InChI is InChI=1S/C9H14N2OS/c12-8-7-2-1-4-11(7)9(10-8)3-5-13-6-9/h7H,1-6H2,(H,10,12)/t7-,9?/m0/s1. The van der Waals surface area contributed by atoms with Gasteiger partial charge in [-0.2, -0.15) is 11.8 Å². The van der Waals surface area contributed by atoms with Crippen molar-refractivity contribution in [2.75, 3.05) is 18.1 Å². The van der Waals surface area contributed by atoms with Crippen LogP contribution in [0.1, 0.15) is 19.3 Å². The van der Waals surface area contributed by atoms with Gasteiger partial charge in [-0.05, 0) is 25.0 Å². The van der Waals surface area contributed by atoms with Crippen LogP contribution in [0.3, 0.4) is 0 Å². The molecule has 0 radical (unpaired) electrons. The van der Waals surface area contributed by atoms with E-state index >= 15 is 0 Å². The predicted molar refractivity (Wildman–Crippen MR) is 52.5 cm³/mol. The van der Waals surface area contributed by atoms with Crippen molar-refractivity contribution < 1.29 is 4.79 Å². The molecule has 0 aromatic carbocycles. The molecule has 1 spiro atoms. The Labute approximate surface area is 82.2 Å². The topological polar surface area (TPSA) is 32.3 Å². The Hall–Kier alpha value is -0.220. The molecule has 72 valence electrons. The number of hydrogen-bond acceptors (Lipinski definition) is 3. The molecule has 1 N–H and O–H groups in total. The third-order valence-electron chi connectivity index (χ3n) is 3.46. The molecule has 0 aromatic rings. The van der Waals surface area contributed by atoms with Gasteiger partial charge < -0.3 is 5.32 Å². The van der Waals surface area contributed by atoms with Gasteiger partial charge in [-0.25, -0.2) is 0 Å². The fourth-order valence-electron chi connectivity index (χ4n) is 2.82. The van der Waals surface area contributed by atoms with Crippen molar-refractivity contribution in [3.05, 3.63) is 0 Å². The Kier molecular flexibility index (Phi) is 1.65. The third kappa shape index (κ3) is 0.987. The van der Waals surface area contributed by atoms with Crippen LogP contribution in [0.15, 0.2) is 0 Å². The Morgan fingerprint density at radius 1 is 1.62 bits per heavy atom. The first kappa shape index (κ1) is 8.12. The van der Waals surface area contributed by atoms with Gasteiger partial charge in [0.1, 0.15) is 5.66 Å². The fourth-order valence-corrected chi connectivity index (χ4v) is 4.16. The Morgan fingerprint density at radius 3 is 3.31 bits per heavy atom. The van der Waals surface area contributed by atoms with Crippen molar-refractivity contribution in [3.63, 3.8) is 0 Å². The minimum atomic E-state index is 0.0584. The van der Waals surface area contributed by atoms with Gasteiger partial charge in [-0.15, -0.1) is 0 Å². The van der Waals surface area contributed by atoms with Crippen LogP contribution in [0.5, 0.6) is 0 Å². The van der Waals surface area contributed by atoms with Crippen molar-refractivity contribution >= 4 is 17.7 Å². The zero-order valence-electron chi connectivity index (χ0n) is 7.58. The number of nitrogens with one attached hydrogen (secondary N) is 1. The third-order valence-corrected chi connectivity index (χ3v) is 4.64. The monoisotopic (exact) mass is 198 g/mol. The number of carbonyl (C=O) groups excluding carboxylic acids is 1. The Bertz CT molecular complexity index is 250. The number of amides is 1. The molecule has 0 aliphatic carbocycles. The van der Waals surface area contributed by atoms with Crippen LogP contribution in [-0.4, -0.2) is 40.6 Å². The van der Waals surface area contributed by atoms with Gasteiger partial charge in [0, 0.05) is 12.3 Å². The maximum Gasteiger partial charge on any atom is 0.238 e. The van der Waals surface area contributed by atoms with Crippen molar-refractivity contribution in [2.45, 2.75) is 31.0 Å². The van der Waals surface area contributed by atoms with Crippen molar-refractivity contribution in [3.8, 4) is 0 Å². The first-order valence-corrected chi connectivity index (χ1v) is 6.14. The molecule has 3 heterocycles. The molecule has 0 bridgehead atoms. The molecule has 3 fully saturated rings. The molecule has 3 nitrogen and oxygen atoms in total. The van der Waals surface area contributed by atoms with E-state index in [2.05, 4.69) is 10.2 Å². The van der Waals surface area contributed by atoms with Crippen LogP contribution < -0.4 is 5.32 Å². The minimum absolute atomic E-state index is 0.0584. The number of rotatable bonds is 0. The van der Waals surface area contributed by atoms with E-state index in [-0.39, 0.29) is 17.6 Å². The predicted octanol–water partition coefficient (Wildman–Crippen LogP) is 0.414. The van der Waals surface area contributed by atoms with Crippen molar-refractivity contribution in [2.24, 2.45) is 0 Å². The Morgan fingerprint density at radius 2 is 2.54 bits per heavy atom. The average Bonchev–Trinajstić information content (AvgIpc) is 2.74. The van der Waals surface area contributed by atoms with Gasteiger partial charge in [-0.1, -0.05) is 0 Å². The van der Waals surface area contributed by atoms with Crippen LogP contribution >= 0.6 is 11.8 Å². The lowest BCUT2D eigenvalue weighted by atomic mass is 10.1. The molecule has 13 heavy (non-hydrogen) atoms. The van der Waals surface area contributed by atoms with Gasteiger partial charge in [-0.3, -0.25) is 9.69 Å². The summed E-state index contributed by atoms with van der Waals surface area (Å²) in [6.07, 6.45) is 3.41. The molecule has 0 aromatic heterocycles. The first-order valence-electron chi connectivity index (χ1n) is 4.98. The van der Waals surface area contributed by atoms with E-state index in [0.29, 0.717) is 0 Å². The number of fused-ring (bicyclic) bond motifs is 2. The molecule has 3 aliphatic heterocycles. The molecule has 3 saturated heterocycles. The van der Waals surface area contributed by atoms with E-state index in [1.165, 1.54) is 12.2 Å². The summed E-state index contributed by atoms with van der Waals surface area (Å²) in [4.78, 5) is 14.1. The maximum absolute atomic E-state index is 11.7. The number of hydrogen-bond donors (Lipinski definition) is 1. The zero-order valence-corrected chi connectivity index (χ0v) is 8.40. The summed E-state index contributed by atoms with van der Waals surface area (Å²) in [6.45, 7) is 1.12. The van der Waals surface area contributed by atoms with E-state index in [9.17, 15) is 4.79 Å². The molecular formula is C9H14N2OS. The summed E-state index contributed by atoms with van der Waals surface area (Å²) in [7, 11) is 0. The minimum Gasteiger partial charge on any atom is -0.336 e. The SMILES string of the molecule is O=C1NC2(CCSC2)N2CCC[C@@H]12. The maximum atomic E-state index is 11.7. The van der Waals surface area contributed by atoms with Gasteiger partial charge >= 0.3 is 0 Å². The summed E-state index contributed by atoms with van der Waals surface area (Å²) in [5.74, 6) is 2.57. The lowest BCUT2D eigenvalue weighted by Crippen LogP contribution is -2.52. The van der Waals surface area contributed by atoms with Crippen LogP contribution in [0.25, 0.3) is 0 Å². The molecule has 3 aliphatic rings. The second kappa shape index (κ2) is 2.64. The lowest BCUT2D eigenvalue weighted by Gasteiger charge is -2.32. The second-order valence-electron chi connectivity index (χ2n) is 4.17. The molecular weight excluding hydrogens is 184 g/mol.